The van der Waals surface area contributed by atoms with Gasteiger partial charge in [-0.05, 0) is 44.0 Å². The second kappa shape index (κ2) is 7.75. The summed E-state index contributed by atoms with van der Waals surface area (Å²) in [5, 5.41) is 0.710. The molecule has 0 spiro atoms. The van der Waals surface area contributed by atoms with E-state index in [2.05, 4.69) is 18.8 Å². The van der Waals surface area contributed by atoms with Crippen molar-refractivity contribution in [1.29, 1.82) is 0 Å². The summed E-state index contributed by atoms with van der Waals surface area (Å²) in [6, 6.07) is 15.7. The third-order valence-corrected chi connectivity index (χ3v) is 4.43. The fraction of sp³-hybridized carbons (Fsp3) is 0.238. The van der Waals surface area contributed by atoms with E-state index in [-0.39, 0.29) is 6.10 Å². The minimum Gasteiger partial charge on any atom is -0.484 e. The second-order valence-electron chi connectivity index (χ2n) is 5.97. The molecule has 0 amide bonds. The number of H-pyrrole nitrogens is 1. The molecule has 0 saturated carbocycles. The first-order chi connectivity index (χ1) is 12.1. The van der Waals surface area contributed by atoms with Crippen LogP contribution in [0.15, 0.2) is 48.5 Å². The number of nitrogens with zero attached hydrogens (tertiary/aromatic N) is 1. The monoisotopic (exact) mass is 353 g/mol. The summed E-state index contributed by atoms with van der Waals surface area (Å²) in [7, 11) is 0. The molecule has 0 bridgehead atoms. The molecule has 3 aromatic rings. The number of benzene rings is 2. The van der Waals surface area contributed by atoms with Crippen molar-refractivity contribution in [3.63, 3.8) is 0 Å². The van der Waals surface area contributed by atoms with Crippen LogP contribution in [0, 0.1) is 13.8 Å². The molecule has 2 aromatic carbocycles. The van der Waals surface area contributed by atoms with E-state index in [0.29, 0.717) is 11.4 Å². The van der Waals surface area contributed by atoms with Crippen LogP contribution in [0.5, 0.6) is 5.75 Å². The zero-order valence-electron chi connectivity index (χ0n) is 14.6. The molecular formula is C21H22ClN2O. The maximum Gasteiger partial charge on any atom is 0.141 e. The molecule has 0 aliphatic carbocycles. The molecular weight excluding hydrogens is 332 g/mol. The van der Waals surface area contributed by atoms with Crippen LogP contribution in [0.25, 0.3) is 11.3 Å². The van der Waals surface area contributed by atoms with Crippen LogP contribution in [0.1, 0.15) is 36.5 Å². The molecule has 1 N–H and O–H groups in total. The fourth-order valence-corrected chi connectivity index (χ4v) is 2.90. The smallest absolute Gasteiger partial charge is 0.141 e. The summed E-state index contributed by atoms with van der Waals surface area (Å²) in [6.07, 6.45) is 1.23. The van der Waals surface area contributed by atoms with Crippen LogP contribution in [0.2, 0.25) is 5.02 Å². The second-order valence-corrected chi connectivity index (χ2v) is 6.40. The van der Waals surface area contributed by atoms with Crippen LogP contribution in [-0.4, -0.2) is 9.97 Å². The highest BCUT2D eigenvalue weighted by Gasteiger charge is 2.21. The van der Waals surface area contributed by atoms with Gasteiger partial charge in [0.1, 0.15) is 17.7 Å². The van der Waals surface area contributed by atoms with E-state index in [1.165, 1.54) is 0 Å². The number of aromatic amines is 1. The highest BCUT2D eigenvalue weighted by Crippen LogP contribution is 2.33. The number of aryl methyl sites for hydroxylation is 2. The third-order valence-electron chi connectivity index (χ3n) is 4.18. The van der Waals surface area contributed by atoms with E-state index in [9.17, 15) is 0 Å². The normalized spacial score (nSPS) is 12.2. The minimum atomic E-state index is -0.195. The highest BCUT2D eigenvalue weighted by molar-refractivity contribution is 6.30. The molecule has 4 heteroatoms. The highest BCUT2D eigenvalue weighted by atomic mass is 35.5. The van der Waals surface area contributed by atoms with E-state index in [1.807, 2.05) is 55.5 Å². The molecule has 0 aliphatic rings. The number of rotatable bonds is 6. The third kappa shape index (κ3) is 3.88. The summed E-state index contributed by atoms with van der Waals surface area (Å²) < 4.78 is 6.26. The number of hydrogen-bond acceptors (Lipinski definition) is 2. The number of hydrogen-bond donors (Lipinski definition) is 1. The topological polar surface area (TPSA) is 37.9 Å². The summed E-state index contributed by atoms with van der Waals surface area (Å²) >= 11 is 6.02. The SMILES string of the molecule is [CH2]CC(Oc1ccccc1C)c1[nH]c(CC)nc1-c1ccc(Cl)cc1. The summed E-state index contributed by atoms with van der Waals surface area (Å²) in [5.74, 6) is 1.80. The Bertz CT molecular complexity index is 839. The zero-order chi connectivity index (χ0) is 17.8. The van der Waals surface area contributed by atoms with E-state index >= 15 is 0 Å². The van der Waals surface area contributed by atoms with Gasteiger partial charge in [-0.1, -0.05) is 48.9 Å². The molecule has 1 aromatic heterocycles. The van der Waals surface area contributed by atoms with Gasteiger partial charge < -0.3 is 9.72 Å². The number of halogens is 1. The molecule has 3 rings (SSSR count). The predicted octanol–water partition coefficient (Wildman–Crippen LogP) is 5.95. The van der Waals surface area contributed by atoms with Crippen LogP contribution < -0.4 is 4.74 Å². The van der Waals surface area contributed by atoms with E-state index < -0.39 is 0 Å². The van der Waals surface area contributed by atoms with E-state index in [1.54, 1.807) is 0 Å². The summed E-state index contributed by atoms with van der Waals surface area (Å²) in [5.41, 5.74) is 3.97. The lowest BCUT2D eigenvalue weighted by Gasteiger charge is -2.19. The van der Waals surface area contributed by atoms with Crippen LogP contribution in [-0.2, 0) is 6.42 Å². The lowest BCUT2D eigenvalue weighted by Crippen LogP contribution is -2.09. The molecule has 25 heavy (non-hydrogen) atoms. The first-order valence-corrected chi connectivity index (χ1v) is 8.86. The Morgan fingerprint density at radius 3 is 2.52 bits per heavy atom. The molecule has 1 unspecified atom stereocenters. The standard InChI is InChI=1S/C21H22ClN2O/c1-4-17(25-18-9-7-6-8-14(18)3)21-20(23-19(5-2)24-21)15-10-12-16(22)13-11-15/h6-13,17H,1,4-5H2,2-3H3,(H,23,24). The summed E-state index contributed by atoms with van der Waals surface area (Å²) in [4.78, 5) is 8.18. The Balaban J connectivity index is 2.00. The minimum absolute atomic E-state index is 0.195. The van der Waals surface area contributed by atoms with Crippen molar-refractivity contribution in [2.75, 3.05) is 0 Å². The Kier molecular flexibility index (Phi) is 5.44. The summed E-state index contributed by atoms with van der Waals surface area (Å²) in [6.45, 7) is 8.20. The average Bonchev–Trinajstić information content (AvgIpc) is 3.06. The van der Waals surface area contributed by atoms with Crippen molar-refractivity contribution in [3.05, 3.63) is 77.6 Å². The van der Waals surface area contributed by atoms with Crippen molar-refractivity contribution in [3.8, 4) is 17.0 Å². The maximum absolute atomic E-state index is 6.26. The largest absolute Gasteiger partial charge is 0.484 e. The first kappa shape index (κ1) is 17.6. The van der Waals surface area contributed by atoms with Gasteiger partial charge in [-0.15, -0.1) is 0 Å². The van der Waals surface area contributed by atoms with Gasteiger partial charge in [0, 0.05) is 17.0 Å². The predicted molar refractivity (Wildman–Crippen MR) is 103 cm³/mol. The van der Waals surface area contributed by atoms with E-state index in [4.69, 9.17) is 21.3 Å². The van der Waals surface area contributed by atoms with Gasteiger partial charge in [-0.25, -0.2) is 4.98 Å². The van der Waals surface area contributed by atoms with Gasteiger partial charge in [-0.3, -0.25) is 0 Å². The van der Waals surface area contributed by atoms with Gasteiger partial charge in [0.15, 0.2) is 0 Å². The van der Waals surface area contributed by atoms with Crippen molar-refractivity contribution in [1.82, 2.24) is 9.97 Å². The van der Waals surface area contributed by atoms with Gasteiger partial charge in [0.25, 0.3) is 0 Å². The molecule has 1 atom stereocenters. The fourth-order valence-electron chi connectivity index (χ4n) is 2.77. The van der Waals surface area contributed by atoms with Crippen LogP contribution >= 0.6 is 11.6 Å². The van der Waals surface area contributed by atoms with Crippen LogP contribution in [0.4, 0.5) is 0 Å². The average molecular weight is 354 g/mol. The van der Waals surface area contributed by atoms with Crippen LogP contribution in [0.3, 0.4) is 0 Å². The Hall–Kier alpha value is -2.26. The van der Waals surface area contributed by atoms with E-state index in [0.717, 1.165) is 40.5 Å². The maximum atomic E-state index is 6.26. The molecule has 1 heterocycles. The number of aromatic nitrogens is 2. The van der Waals surface area contributed by atoms with Crippen molar-refractivity contribution >= 4 is 11.6 Å². The number of nitrogens with one attached hydrogen (secondary N) is 1. The van der Waals surface area contributed by atoms with Gasteiger partial charge in [0.05, 0.1) is 11.4 Å². The van der Waals surface area contributed by atoms with Crippen molar-refractivity contribution < 1.29 is 4.74 Å². The van der Waals surface area contributed by atoms with Gasteiger partial charge in [0.2, 0.25) is 0 Å². The number of imidazole rings is 1. The molecule has 0 fully saturated rings. The zero-order valence-corrected chi connectivity index (χ0v) is 15.3. The lowest BCUT2D eigenvalue weighted by atomic mass is 10.1. The molecule has 129 valence electrons. The Morgan fingerprint density at radius 1 is 1.16 bits per heavy atom. The van der Waals surface area contributed by atoms with Gasteiger partial charge in [-0.2, -0.15) is 0 Å². The quantitative estimate of drug-likeness (QED) is 0.595. The van der Waals surface area contributed by atoms with Crippen molar-refractivity contribution in [2.45, 2.75) is 32.8 Å². The molecule has 0 saturated heterocycles. The Labute approximate surface area is 154 Å². The number of para-hydroxylation sites is 1. The first-order valence-electron chi connectivity index (χ1n) is 8.48. The Morgan fingerprint density at radius 2 is 1.88 bits per heavy atom. The van der Waals surface area contributed by atoms with Crippen molar-refractivity contribution in [2.24, 2.45) is 0 Å². The molecule has 0 aliphatic heterocycles. The lowest BCUT2D eigenvalue weighted by molar-refractivity contribution is 0.203. The van der Waals surface area contributed by atoms with Gasteiger partial charge >= 0.3 is 0 Å². The molecule has 3 nitrogen and oxygen atoms in total. The number of ether oxygens (including phenoxy) is 1. The molecule has 1 radical (unpaired) electrons.